The minimum atomic E-state index is -0.262. The average Bonchev–Trinajstić information content (AvgIpc) is 3.11. The molecule has 5 nitrogen and oxygen atoms in total. The summed E-state index contributed by atoms with van der Waals surface area (Å²) in [4.78, 5) is 16.2. The van der Waals surface area contributed by atoms with Gasteiger partial charge >= 0.3 is 0 Å². The van der Waals surface area contributed by atoms with Gasteiger partial charge in [0.15, 0.2) is 0 Å². The lowest BCUT2D eigenvalue weighted by atomic mass is 10.1. The molecule has 0 radical (unpaired) electrons. The van der Waals surface area contributed by atoms with E-state index in [4.69, 9.17) is 4.52 Å². The summed E-state index contributed by atoms with van der Waals surface area (Å²) in [6.07, 6.45) is 1.32. The molecule has 0 bridgehead atoms. The molecule has 6 heteroatoms. The van der Waals surface area contributed by atoms with E-state index in [1.165, 1.54) is 12.1 Å². The van der Waals surface area contributed by atoms with Crippen molar-refractivity contribution in [2.75, 3.05) is 6.54 Å². The molecule has 1 aromatic heterocycles. The lowest BCUT2D eigenvalue weighted by Gasteiger charge is -2.04. The summed E-state index contributed by atoms with van der Waals surface area (Å²) < 4.78 is 18.0. The Morgan fingerprint density at radius 1 is 1.08 bits per heavy atom. The van der Waals surface area contributed by atoms with E-state index in [2.05, 4.69) is 15.5 Å². The van der Waals surface area contributed by atoms with Gasteiger partial charge in [0.05, 0.1) is 0 Å². The number of hydrogen-bond acceptors (Lipinski definition) is 4. The van der Waals surface area contributed by atoms with Crippen molar-refractivity contribution in [1.29, 1.82) is 0 Å². The molecule has 0 aliphatic carbocycles. The van der Waals surface area contributed by atoms with Crippen LogP contribution in [0.25, 0.3) is 11.4 Å². The lowest BCUT2D eigenvalue weighted by molar-refractivity contribution is -0.121. The van der Waals surface area contributed by atoms with E-state index in [-0.39, 0.29) is 18.1 Å². The van der Waals surface area contributed by atoms with Crippen LogP contribution in [0.3, 0.4) is 0 Å². The van der Waals surface area contributed by atoms with E-state index in [1.54, 1.807) is 12.1 Å². The van der Waals surface area contributed by atoms with Gasteiger partial charge in [-0.1, -0.05) is 47.1 Å². The Hall–Kier alpha value is -3.02. The zero-order valence-corrected chi connectivity index (χ0v) is 14.5. The molecule has 3 rings (SSSR count). The van der Waals surface area contributed by atoms with E-state index in [1.807, 2.05) is 31.2 Å². The maximum atomic E-state index is 12.8. The minimum Gasteiger partial charge on any atom is -0.356 e. The fourth-order valence-corrected chi connectivity index (χ4v) is 2.48. The Kier molecular flexibility index (Phi) is 5.73. The summed E-state index contributed by atoms with van der Waals surface area (Å²) in [5, 5.41) is 6.79. The van der Waals surface area contributed by atoms with Crippen molar-refractivity contribution in [3.05, 3.63) is 71.4 Å². The first-order valence-electron chi connectivity index (χ1n) is 8.51. The number of halogens is 1. The molecule has 0 spiro atoms. The van der Waals surface area contributed by atoms with Gasteiger partial charge in [-0.15, -0.1) is 0 Å². The third-order valence-corrected chi connectivity index (χ3v) is 3.99. The van der Waals surface area contributed by atoms with Crippen molar-refractivity contribution in [1.82, 2.24) is 15.5 Å². The summed E-state index contributed by atoms with van der Waals surface area (Å²) in [5.41, 5.74) is 3.02. The van der Waals surface area contributed by atoms with Gasteiger partial charge in [-0.05, 0) is 31.0 Å². The van der Waals surface area contributed by atoms with Gasteiger partial charge in [-0.25, -0.2) is 4.39 Å². The Morgan fingerprint density at radius 2 is 1.81 bits per heavy atom. The summed E-state index contributed by atoms with van der Waals surface area (Å²) >= 11 is 0. The fourth-order valence-electron chi connectivity index (χ4n) is 2.48. The molecule has 1 N–H and O–H groups in total. The molecule has 0 saturated carbocycles. The van der Waals surface area contributed by atoms with Crippen molar-refractivity contribution >= 4 is 5.91 Å². The van der Waals surface area contributed by atoms with Crippen molar-refractivity contribution in [2.24, 2.45) is 0 Å². The molecule has 0 saturated heterocycles. The highest BCUT2D eigenvalue weighted by atomic mass is 19.1. The zero-order valence-electron chi connectivity index (χ0n) is 14.5. The predicted molar refractivity (Wildman–Crippen MR) is 95.9 cm³/mol. The van der Waals surface area contributed by atoms with Crippen LogP contribution in [-0.4, -0.2) is 22.6 Å². The number of hydrogen-bond donors (Lipinski definition) is 1. The van der Waals surface area contributed by atoms with Crippen LogP contribution in [0.15, 0.2) is 53.1 Å². The van der Waals surface area contributed by atoms with E-state index in [0.29, 0.717) is 31.1 Å². The Labute approximate surface area is 151 Å². The summed E-state index contributed by atoms with van der Waals surface area (Å²) in [6.45, 7) is 2.52. The minimum absolute atomic E-state index is 0.0813. The highest BCUT2D eigenvalue weighted by Gasteiger charge is 2.10. The third-order valence-electron chi connectivity index (χ3n) is 3.99. The van der Waals surface area contributed by atoms with Crippen LogP contribution in [-0.2, 0) is 17.6 Å². The normalized spacial score (nSPS) is 10.7. The quantitative estimate of drug-likeness (QED) is 0.706. The smallest absolute Gasteiger partial charge is 0.227 e. The monoisotopic (exact) mass is 353 g/mol. The van der Waals surface area contributed by atoms with Crippen LogP contribution >= 0.6 is 0 Å². The van der Waals surface area contributed by atoms with Crippen LogP contribution in [0.5, 0.6) is 0 Å². The Balaban J connectivity index is 1.43. The van der Waals surface area contributed by atoms with Gasteiger partial charge in [0.1, 0.15) is 5.82 Å². The first kappa shape index (κ1) is 17.8. The Morgan fingerprint density at radius 3 is 2.54 bits per heavy atom. The van der Waals surface area contributed by atoms with E-state index in [9.17, 15) is 9.18 Å². The molecule has 0 aliphatic heterocycles. The summed E-state index contributed by atoms with van der Waals surface area (Å²) in [6, 6.07) is 14.1. The van der Waals surface area contributed by atoms with Gasteiger partial charge in [-0.3, -0.25) is 4.79 Å². The SMILES string of the molecule is Cc1ccc(-c2noc(CCC(=O)NCCc3ccc(F)cc3)n2)cc1. The van der Waals surface area contributed by atoms with E-state index >= 15 is 0 Å². The fraction of sp³-hybridized carbons (Fsp3) is 0.250. The second-order valence-corrected chi connectivity index (χ2v) is 6.10. The van der Waals surface area contributed by atoms with Gasteiger partial charge in [0.2, 0.25) is 17.6 Å². The van der Waals surface area contributed by atoms with Crippen LogP contribution in [0, 0.1) is 12.7 Å². The molecule has 3 aromatic rings. The largest absolute Gasteiger partial charge is 0.356 e. The predicted octanol–water partition coefficient (Wildman–Crippen LogP) is 3.48. The van der Waals surface area contributed by atoms with E-state index < -0.39 is 0 Å². The van der Waals surface area contributed by atoms with Crippen molar-refractivity contribution in [3.63, 3.8) is 0 Å². The maximum absolute atomic E-state index is 12.8. The summed E-state index contributed by atoms with van der Waals surface area (Å²) in [5.74, 6) is 0.621. The number of amides is 1. The molecule has 0 fully saturated rings. The molecule has 0 atom stereocenters. The number of carbonyl (C=O) groups is 1. The number of aromatic nitrogens is 2. The van der Waals surface area contributed by atoms with Crippen molar-refractivity contribution < 1.29 is 13.7 Å². The molecular weight excluding hydrogens is 333 g/mol. The van der Waals surface area contributed by atoms with Gasteiger partial charge < -0.3 is 9.84 Å². The molecule has 2 aromatic carbocycles. The zero-order chi connectivity index (χ0) is 18.4. The van der Waals surface area contributed by atoms with Gasteiger partial charge in [0, 0.05) is 24.9 Å². The third kappa shape index (κ3) is 4.99. The van der Waals surface area contributed by atoms with Crippen LogP contribution in [0.2, 0.25) is 0 Å². The maximum Gasteiger partial charge on any atom is 0.227 e. The van der Waals surface area contributed by atoms with E-state index in [0.717, 1.165) is 16.7 Å². The number of aryl methyl sites for hydroxylation is 2. The van der Waals surface area contributed by atoms with Crippen LogP contribution in [0.4, 0.5) is 4.39 Å². The first-order valence-corrected chi connectivity index (χ1v) is 8.51. The molecule has 134 valence electrons. The number of benzene rings is 2. The van der Waals surface area contributed by atoms with Gasteiger partial charge in [-0.2, -0.15) is 4.98 Å². The standard InChI is InChI=1S/C20H20FN3O2/c1-14-2-6-16(7-3-14)20-23-19(26-24-20)11-10-18(25)22-13-12-15-4-8-17(21)9-5-15/h2-9H,10-13H2,1H3,(H,22,25). The number of carbonyl (C=O) groups excluding carboxylic acids is 1. The topological polar surface area (TPSA) is 68.0 Å². The van der Waals surface area contributed by atoms with Crippen molar-refractivity contribution in [2.45, 2.75) is 26.2 Å². The molecule has 0 aliphatic rings. The first-order chi connectivity index (χ1) is 12.6. The second-order valence-electron chi connectivity index (χ2n) is 6.10. The molecule has 0 unspecified atom stereocenters. The highest BCUT2D eigenvalue weighted by Crippen LogP contribution is 2.16. The molecular formula is C20H20FN3O2. The van der Waals surface area contributed by atoms with Gasteiger partial charge in [0.25, 0.3) is 0 Å². The van der Waals surface area contributed by atoms with Crippen molar-refractivity contribution in [3.8, 4) is 11.4 Å². The number of nitrogens with zero attached hydrogens (tertiary/aromatic N) is 2. The number of rotatable bonds is 7. The average molecular weight is 353 g/mol. The molecule has 1 heterocycles. The summed E-state index contributed by atoms with van der Waals surface area (Å²) in [7, 11) is 0. The Bertz CT molecular complexity index is 858. The molecule has 1 amide bonds. The van der Waals surface area contributed by atoms with Crippen LogP contribution in [0.1, 0.15) is 23.4 Å². The highest BCUT2D eigenvalue weighted by molar-refractivity contribution is 5.76. The molecule has 26 heavy (non-hydrogen) atoms. The second kappa shape index (κ2) is 8.38. The number of nitrogens with one attached hydrogen (secondary N) is 1. The lowest BCUT2D eigenvalue weighted by Crippen LogP contribution is -2.25. The van der Waals surface area contributed by atoms with Crippen LogP contribution < -0.4 is 5.32 Å².